The summed E-state index contributed by atoms with van der Waals surface area (Å²) in [5, 5.41) is 0.953. The molecule has 6 heteroatoms. The number of carbonyl (C=O) groups excluding carboxylic acids is 2. The minimum atomic E-state index is -0.292. The molecule has 3 rings (SSSR count). The highest BCUT2D eigenvalue weighted by Crippen LogP contribution is 2.30. The lowest BCUT2D eigenvalue weighted by atomic mass is 10.1. The van der Waals surface area contributed by atoms with Crippen LogP contribution in [0.4, 0.5) is 0 Å². The van der Waals surface area contributed by atoms with Gasteiger partial charge in [0.1, 0.15) is 0 Å². The van der Waals surface area contributed by atoms with Crippen molar-refractivity contribution in [3.8, 4) is 0 Å². The summed E-state index contributed by atoms with van der Waals surface area (Å²) in [5.41, 5.74) is 1.59. The van der Waals surface area contributed by atoms with E-state index in [1.54, 1.807) is 30.3 Å². The molecule has 0 unspecified atom stereocenters. The zero-order valence-corrected chi connectivity index (χ0v) is 14.2. The molecule has 2 amide bonds. The molecule has 2 aromatic carbocycles. The summed E-state index contributed by atoms with van der Waals surface area (Å²) in [6.07, 6.45) is 0. The summed E-state index contributed by atoms with van der Waals surface area (Å²) in [5.74, 6) is -0.578. The van der Waals surface area contributed by atoms with Crippen molar-refractivity contribution in [3.05, 3.63) is 66.7 Å². The van der Waals surface area contributed by atoms with Gasteiger partial charge in [0.15, 0.2) is 0 Å². The molecule has 0 saturated heterocycles. The number of hydrogen-bond donors (Lipinski definition) is 0. The van der Waals surface area contributed by atoms with Crippen molar-refractivity contribution in [2.75, 3.05) is 0 Å². The predicted molar refractivity (Wildman–Crippen MR) is 89.8 cm³/mol. The highest BCUT2D eigenvalue weighted by molar-refractivity contribution is 14.1. The van der Waals surface area contributed by atoms with E-state index in [9.17, 15) is 9.59 Å². The van der Waals surface area contributed by atoms with Crippen molar-refractivity contribution < 1.29 is 9.59 Å². The summed E-state index contributed by atoms with van der Waals surface area (Å²) in [7, 11) is 0. The van der Waals surface area contributed by atoms with Crippen LogP contribution in [-0.4, -0.2) is 16.7 Å². The first-order valence-electron chi connectivity index (χ1n) is 6.07. The summed E-state index contributed by atoms with van der Waals surface area (Å²) in [6.45, 7) is 0.137. The largest absolute Gasteiger partial charge is 0.270 e. The summed E-state index contributed by atoms with van der Waals surface area (Å²) in [6, 6.07) is 10.2. The van der Waals surface area contributed by atoms with E-state index in [1.807, 2.05) is 6.07 Å². The smallest absolute Gasteiger partial charge is 0.262 e. The van der Waals surface area contributed by atoms with Crippen LogP contribution in [0.15, 0.2) is 36.4 Å². The van der Waals surface area contributed by atoms with Crippen molar-refractivity contribution in [2.24, 2.45) is 0 Å². The maximum Gasteiger partial charge on any atom is 0.262 e. The van der Waals surface area contributed by atoms with Crippen LogP contribution in [-0.2, 0) is 6.54 Å². The molecule has 0 atom stereocenters. The third-order valence-electron chi connectivity index (χ3n) is 3.29. The molecule has 3 nitrogen and oxygen atoms in total. The Bertz CT molecular complexity index is 776. The van der Waals surface area contributed by atoms with E-state index in [0.29, 0.717) is 26.7 Å². The normalized spacial score (nSPS) is 13.8. The lowest BCUT2D eigenvalue weighted by Gasteiger charge is -2.15. The number of halogens is 3. The Morgan fingerprint density at radius 1 is 1.05 bits per heavy atom. The number of hydrogen-bond acceptors (Lipinski definition) is 2. The first-order valence-corrected chi connectivity index (χ1v) is 7.91. The van der Waals surface area contributed by atoms with Crippen LogP contribution >= 0.6 is 45.8 Å². The number of fused-ring (bicyclic) bond motifs is 1. The van der Waals surface area contributed by atoms with Crippen LogP contribution in [0.2, 0.25) is 10.0 Å². The molecule has 1 aliphatic rings. The molecule has 0 radical (unpaired) electrons. The highest BCUT2D eigenvalue weighted by atomic mass is 127. The van der Waals surface area contributed by atoms with E-state index >= 15 is 0 Å². The van der Waals surface area contributed by atoms with E-state index in [4.69, 9.17) is 23.2 Å². The third kappa shape index (κ3) is 2.56. The Morgan fingerprint density at radius 3 is 2.48 bits per heavy atom. The standard InChI is InChI=1S/C15H8Cl2INO2/c16-9-5-4-8(11(17)6-9)7-19-14(20)10-2-1-3-12(18)13(10)15(19)21/h1-6H,7H2. The summed E-state index contributed by atoms with van der Waals surface area (Å²) < 4.78 is 0.771. The molecule has 0 saturated carbocycles. The maximum absolute atomic E-state index is 12.4. The fraction of sp³-hybridized carbons (Fsp3) is 0.0667. The fourth-order valence-electron chi connectivity index (χ4n) is 2.26. The molecule has 0 aromatic heterocycles. The Morgan fingerprint density at radius 2 is 1.81 bits per heavy atom. The average molecular weight is 432 g/mol. The van der Waals surface area contributed by atoms with Crippen molar-refractivity contribution in [1.82, 2.24) is 4.90 Å². The lowest BCUT2D eigenvalue weighted by molar-refractivity contribution is 0.0642. The van der Waals surface area contributed by atoms with Gasteiger partial charge in [-0.05, 0) is 52.4 Å². The Balaban J connectivity index is 1.97. The molecular formula is C15H8Cl2INO2. The minimum absolute atomic E-state index is 0.137. The Kier molecular flexibility index (Phi) is 3.94. The van der Waals surface area contributed by atoms with Crippen LogP contribution < -0.4 is 0 Å². The van der Waals surface area contributed by atoms with Gasteiger partial charge < -0.3 is 0 Å². The molecule has 0 fully saturated rings. The van der Waals surface area contributed by atoms with E-state index in [0.717, 1.165) is 3.57 Å². The molecule has 1 heterocycles. The zero-order chi connectivity index (χ0) is 15.1. The predicted octanol–water partition coefficient (Wildman–Crippen LogP) is 4.39. The molecule has 0 aliphatic carbocycles. The van der Waals surface area contributed by atoms with E-state index in [2.05, 4.69) is 22.6 Å². The van der Waals surface area contributed by atoms with Gasteiger partial charge in [0.05, 0.1) is 17.7 Å². The van der Waals surface area contributed by atoms with Crippen LogP contribution in [0.25, 0.3) is 0 Å². The van der Waals surface area contributed by atoms with Crippen molar-refractivity contribution in [1.29, 1.82) is 0 Å². The van der Waals surface area contributed by atoms with Crippen LogP contribution in [0.5, 0.6) is 0 Å². The number of imide groups is 1. The van der Waals surface area contributed by atoms with Gasteiger partial charge in [-0.3, -0.25) is 14.5 Å². The number of benzene rings is 2. The second-order valence-electron chi connectivity index (χ2n) is 4.59. The van der Waals surface area contributed by atoms with Crippen LogP contribution in [0.1, 0.15) is 26.3 Å². The van der Waals surface area contributed by atoms with Gasteiger partial charge in [0.2, 0.25) is 0 Å². The Hall–Kier alpha value is -1.11. The second-order valence-corrected chi connectivity index (χ2v) is 6.60. The second kappa shape index (κ2) is 5.59. The number of nitrogens with zero attached hydrogens (tertiary/aromatic N) is 1. The topological polar surface area (TPSA) is 37.4 Å². The van der Waals surface area contributed by atoms with Crippen molar-refractivity contribution >= 4 is 57.6 Å². The highest BCUT2D eigenvalue weighted by Gasteiger charge is 2.37. The van der Waals surface area contributed by atoms with Gasteiger partial charge >= 0.3 is 0 Å². The third-order valence-corrected chi connectivity index (χ3v) is 4.78. The lowest BCUT2D eigenvalue weighted by Crippen LogP contribution is -2.29. The molecule has 0 N–H and O–H groups in total. The van der Waals surface area contributed by atoms with E-state index in [1.165, 1.54) is 4.90 Å². The number of carbonyl (C=O) groups is 2. The molecular weight excluding hydrogens is 424 g/mol. The molecule has 0 spiro atoms. The molecule has 2 aromatic rings. The summed E-state index contributed by atoms with van der Waals surface area (Å²) in [4.78, 5) is 26.0. The van der Waals surface area contributed by atoms with Crippen LogP contribution in [0, 0.1) is 3.57 Å². The van der Waals surface area contributed by atoms with Gasteiger partial charge in [0.25, 0.3) is 11.8 Å². The van der Waals surface area contributed by atoms with Gasteiger partial charge in [-0.15, -0.1) is 0 Å². The fourth-order valence-corrected chi connectivity index (χ4v) is 3.45. The van der Waals surface area contributed by atoms with Gasteiger partial charge in [-0.2, -0.15) is 0 Å². The zero-order valence-electron chi connectivity index (χ0n) is 10.6. The van der Waals surface area contributed by atoms with Gasteiger partial charge in [-0.1, -0.05) is 35.3 Å². The first-order chi connectivity index (χ1) is 9.99. The van der Waals surface area contributed by atoms with Crippen molar-refractivity contribution in [2.45, 2.75) is 6.54 Å². The quantitative estimate of drug-likeness (QED) is 0.522. The molecule has 106 valence electrons. The first kappa shape index (κ1) is 14.8. The van der Waals surface area contributed by atoms with Crippen LogP contribution in [0.3, 0.4) is 0 Å². The SMILES string of the molecule is O=C1c2cccc(I)c2C(=O)N1Cc1ccc(Cl)cc1Cl. The van der Waals surface area contributed by atoms with Gasteiger partial charge in [0, 0.05) is 13.6 Å². The van der Waals surface area contributed by atoms with E-state index < -0.39 is 0 Å². The average Bonchev–Trinajstić information content (AvgIpc) is 2.68. The maximum atomic E-state index is 12.4. The Labute approximate surface area is 145 Å². The molecule has 1 aliphatic heterocycles. The van der Waals surface area contributed by atoms with E-state index in [-0.39, 0.29) is 18.4 Å². The molecule has 21 heavy (non-hydrogen) atoms. The van der Waals surface area contributed by atoms with Crippen molar-refractivity contribution in [3.63, 3.8) is 0 Å². The number of amides is 2. The minimum Gasteiger partial charge on any atom is -0.270 e. The monoisotopic (exact) mass is 431 g/mol. The van der Waals surface area contributed by atoms with Gasteiger partial charge in [-0.25, -0.2) is 0 Å². The summed E-state index contributed by atoms with van der Waals surface area (Å²) >= 11 is 14.0. The number of rotatable bonds is 2. The molecule has 0 bridgehead atoms.